The maximum Gasteiger partial charge on any atom is 0.293 e. The highest BCUT2D eigenvalue weighted by atomic mass is 16.5. The van der Waals surface area contributed by atoms with Crippen LogP contribution in [0.25, 0.3) is 0 Å². The van der Waals surface area contributed by atoms with Gasteiger partial charge in [-0.15, -0.1) is 6.42 Å². The van der Waals surface area contributed by atoms with Crippen LogP contribution < -0.4 is 0 Å². The predicted octanol–water partition coefficient (Wildman–Crippen LogP) is -0.191. The Morgan fingerprint density at radius 3 is 2.89 bits per heavy atom. The molecule has 0 aromatic carbocycles. The molecule has 0 aliphatic heterocycles. The summed E-state index contributed by atoms with van der Waals surface area (Å²) in [7, 11) is 0. The molecule has 0 aromatic heterocycles. The molecule has 9 heavy (non-hydrogen) atoms. The maximum absolute atomic E-state index is 9.52. The summed E-state index contributed by atoms with van der Waals surface area (Å²) in [5, 5.41) is 0. The number of hydrogen-bond donors (Lipinski definition) is 0. The molecule has 0 bridgehead atoms. The second-order valence-electron chi connectivity index (χ2n) is 1.22. The van der Waals surface area contributed by atoms with Crippen LogP contribution in [-0.2, 0) is 14.3 Å². The number of terminal acetylenes is 1. The molecule has 0 radical (unpaired) electrons. The lowest BCUT2D eigenvalue weighted by molar-refractivity contribution is -0.130. The third kappa shape index (κ3) is 6.99. The lowest BCUT2D eigenvalue weighted by atomic mass is 10.7. The highest BCUT2D eigenvalue weighted by molar-refractivity contribution is 5.36. The molecule has 0 rings (SSSR count). The van der Waals surface area contributed by atoms with Gasteiger partial charge >= 0.3 is 0 Å². The topological polar surface area (TPSA) is 35.5 Å². The quantitative estimate of drug-likeness (QED) is 0.292. The van der Waals surface area contributed by atoms with Crippen LogP contribution in [0.15, 0.2) is 0 Å². The molecule has 0 unspecified atom stereocenters. The molecule has 0 amide bonds. The molecule has 50 valence electrons. The zero-order valence-electron chi connectivity index (χ0n) is 5.00. The minimum absolute atomic E-state index is 0.266. The average molecular weight is 128 g/mol. The molecule has 0 spiro atoms. The summed E-state index contributed by atoms with van der Waals surface area (Å²) < 4.78 is 9.07. The van der Waals surface area contributed by atoms with Crippen molar-refractivity contribution in [3.8, 4) is 12.3 Å². The van der Waals surface area contributed by atoms with Gasteiger partial charge in [-0.1, -0.05) is 5.92 Å². The van der Waals surface area contributed by atoms with E-state index in [0.29, 0.717) is 13.1 Å². The Morgan fingerprint density at radius 2 is 2.33 bits per heavy atom. The number of carbonyl (C=O) groups is 1. The molecule has 3 nitrogen and oxygen atoms in total. The molecule has 0 saturated heterocycles. The van der Waals surface area contributed by atoms with Gasteiger partial charge in [-0.3, -0.25) is 4.79 Å². The smallest absolute Gasteiger partial charge is 0.293 e. The van der Waals surface area contributed by atoms with Crippen LogP contribution in [0.3, 0.4) is 0 Å². The molecular weight excluding hydrogens is 120 g/mol. The fourth-order valence-electron chi connectivity index (χ4n) is 0.286. The molecule has 3 heteroatoms. The molecule has 0 atom stereocenters. The van der Waals surface area contributed by atoms with Crippen LogP contribution in [0.5, 0.6) is 0 Å². The Morgan fingerprint density at radius 1 is 1.56 bits per heavy atom. The van der Waals surface area contributed by atoms with Gasteiger partial charge in [-0.05, 0) is 0 Å². The van der Waals surface area contributed by atoms with Gasteiger partial charge in [-0.25, -0.2) is 0 Å². The third-order valence-corrected chi connectivity index (χ3v) is 0.599. The summed E-state index contributed by atoms with van der Waals surface area (Å²) in [6, 6.07) is 0. The van der Waals surface area contributed by atoms with Crippen molar-refractivity contribution in [3.63, 3.8) is 0 Å². The Labute approximate surface area is 54.0 Å². The number of carbonyl (C=O) groups excluding carboxylic acids is 1. The molecule has 0 aliphatic carbocycles. The number of ether oxygens (including phenoxy) is 2. The molecule has 0 N–H and O–H groups in total. The van der Waals surface area contributed by atoms with E-state index < -0.39 is 0 Å². The summed E-state index contributed by atoms with van der Waals surface area (Å²) in [4.78, 5) is 9.52. The summed E-state index contributed by atoms with van der Waals surface area (Å²) in [6.45, 7) is 1.27. The van der Waals surface area contributed by atoms with Crippen LogP contribution >= 0.6 is 0 Å². The largest absolute Gasteiger partial charge is 0.465 e. The normalized spacial score (nSPS) is 7.89. The van der Waals surface area contributed by atoms with E-state index in [4.69, 9.17) is 11.2 Å². The van der Waals surface area contributed by atoms with Crippen molar-refractivity contribution in [2.45, 2.75) is 0 Å². The molecular formula is C6H8O3. The first-order valence-electron chi connectivity index (χ1n) is 2.48. The van der Waals surface area contributed by atoms with Crippen molar-refractivity contribution in [2.75, 3.05) is 19.8 Å². The summed E-state index contributed by atoms with van der Waals surface area (Å²) in [6.07, 6.45) is 4.86. The fraction of sp³-hybridized carbons (Fsp3) is 0.500. The first-order chi connectivity index (χ1) is 4.41. The van der Waals surface area contributed by atoms with E-state index in [1.54, 1.807) is 0 Å². The highest BCUT2D eigenvalue weighted by Gasteiger charge is 1.82. The summed E-state index contributed by atoms with van der Waals surface area (Å²) in [5.74, 6) is 2.28. The van der Waals surface area contributed by atoms with Gasteiger partial charge in [0.2, 0.25) is 0 Å². The van der Waals surface area contributed by atoms with E-state index in [0.717, 1.165) is 0 Å². The zero-order valence-corrected chi connectivity index (χ0v) is 5.00. The molecule has 0 heterocycles. The van der Waals surface area contributed by atoms with Crippen LogP contribution in [0, 0.1) is 12.3 Å². The lowest BCUT2D eigenvalue weighted by Gasteiger charge is -1.96. The Kier molecular flexibility index (Phi) is 6.21. The number of hydrogen-bond acceptors (Lipinski definition) is 3. The van der Waals surface area contributed by atoms with E-state index in [2.05, 4.69) is 10.7 Å². The SMILES string of the molecule is C#CCOCCOC=O. The Hall–Kier alpha value is -1.01. The van der Waals surface area contributed by atoms with E-state index >= 15 is 0 Å². The minimum atomic E-state index is 0.266. The predicted molar refractivity (Wildman–Crippen MR) is 31.7 cm³/mol. The standard InChI is InChI=1S/C6H8O3/c1-2-3-8-4-5-9-6-7/h1,6H,3-5H2. The monoisotopic (exact) mass is 128 g/mol. The fourth-order valence-corrected chi connectivity index (χ4v) is 0.286. The minimum Gasteiger partial charge on any atom is -0.465 e. The van der Waals surface area contributed by atoms with Crippen LogP contribution in [0.2, 0.25) is 0 Å². The van der Waals surface area contributed by atoms with Crippen molar-refractivity contribution in [3.05, 3.63) is 0 Å². The van der Waals surface area contributed by atoms with Gasteiger partial charge in [0.25, 0.3) is 6.47 Å². The van der Waals surface area contributed by atoms with Gasteiger partial charge in [-0.2, -0.15) is 0 Å². The van der Waals surface area contributed by atoms with Gasteiger partial charge in [0.05, 0.1) is 6.61 Å². The Bertz CT molecular complexity index is 103. The van der Waals surface area contributed by atoms with Crippen molar-refractivity contribution in [2.24, 2.45) is 0 Å². The van der Waals surface area contributed by atoms with Crippen LogP contribution in [0.4, 0.5) is 0 Å². The van der Waals surface area contributed by atoms with Crippen LogP contribution in [-0.4, -0.2) is 26.3 Å². The van der Waals surface area contributed by atoms with Gasteiger partial charge < -0.3 is 9.47 Å². The van der Waals surface area contributed by atoms with E-state index in [9.17, 15) is 4.79 Å². The second-order valence-corrected chi connectivity index (χ2v) is 1.22. The van der Waals surface area contributed by atoms with E-state index in [1.807, 2.05) is 0 Å². The highest BCUT2D eigenvalue weighted by Crippen LogP contribution is 1.72. The van der Waals surface area contributed by atoms with Gasteiger partial charge in [0.15, 0.2) is 0 Å². The first-order valence-corrected chi connectivity index (χ1v) is 2.48. The molecule has 0 aliphatic rings. The van der Waals surface area contributed by atoms with Crippen molar-refractivity contribution in [1.82, 2.24) is 0 Å². The Balaban J connectivity index is 2.76. The molecule has 0 fully saturated rings. The van der Waals surface area contributed by atoms with E-state index in [-0.39, 0.29) is 13.2 Å². The summed E-state index contributed by atoms with van der Waals surface area (Å²) in [5.41, 5.74) is 0. The second kappa shape index (κ2) is 6.99. The van der Waals surface area contributed by atoms with Crippen molar-refractivity contribution >= 4 is 6.47 Å². The van der Waals surface area contributed by atoms with Gasteiger partial charge in [0.1, 0.15) is 13.2 Å². The summed E-state index contributed by atoms with van der Waals surface area (Å²) >= 11 is 0. The lowest BCUT2D eigenvalue weighted by Crippen LogP contribution is -2.02. The maximum atomic E-state index is 9.52. The van der Waals surface area contributed by atoms with Gasteiger partial charge in [0, 0.05) is 0 Å². The molecule has 0 saturated carbocycles. The third-order valence-electron chi connectivity index (χ3n) is 0.599. The average Bonchev–Trinajstić information content (AvgIpc) is 1.89. The van der Waals surface area contributed by atoms with Crippen LogP contribution in [0.1, 0.15) is 0 Å². The van der Waals surface area contributed by atoms with Crippen molar-refractivity contribution < 1.29 is 14.3 Å². The van der Waals surface area contributed by atoms with E-state index in [1.165, 1.54) is 0 Å². The van der Waals surface area contributed by atoms with Crippen molar-refractivity contribution in [1.29, 1.82) is 0 Å². The zero-order chi connectivity index (χ0) is 6.95. The number of rotatable bonds is 5. The first kappa shape index (κ1) is 7.99. The molecule has 0 aromatic rings.